The second kappa shape index (κ2) is 8.19. The minimum absolute atomic E-state index is 0.146. The minimum Gasteiger partial charge on any atom is -0.472 e. The molecular formula is C17H26N4O3. The molecule has 0 aliphatic carbocycles. The maximum Gasteiger partial charge on any atom is 0.251 e. The lowest BCUT2D eigenvalue weighted by Gasteiger charge is -2.37. The largest absolute Gasteiger partial charge is 0.472 e. The Labute approximate surface area is 142 Å². The minimum atomic E-state index is -0.223. The monoisotopic (exact) mass is 334 g/mol. The normalized spacial score (nSPS) is 22.0. The summed E-state index contributed by atoms with van der Waals surface area (Å²) in [4.78, 5) is 21.2. The van der Waals surface area contributed by atoms with Gasteiger partial charge in [0.1, 0.15) is 6.10 Å². The summed E-state index contributed by atoms with van der Waals surface area (Å²) in [6.45, 7) is 7.19. The van der Waals surface area contributed by atoms with E-state index in [1.807, 2.05) is 11.0 Å². The van der Waals surface area contributed by atoms with Crippen molar-refractivity contribution in [1.82, 2.24) is 15.1 Å². The zero-order chi connectivity index (χ0) is 16.8. The van der Waals surface area contributed by atoms with E-state index in [1.165, 1.54) is 0 Å². The molecule has 3 rings (SSSR count). The van der Waals surface area contributed by atoms with Crippen LogP contribution in [0.25, 0.3) is 0 Å². The van der Waals surface area contributed by atoms with E-state index in [0.29, 0.717) is 13.2 Å². The third kappa shape index (κ3) is 4.08. The first-order valence-corrected chi connectivity index (χ1v) is 8.72. The number of carbonyl (C=O) groups excluding carboxylic acids is 1. The van der Waals surface area contributed by atoms with Gasteiger partial charge in [-0.3, -0.25) is 4.79 Å². The summed E-state index contributed by atoms with van der Waals surface area (Å²) in [7, 11) is 0. The number of nitrogens with zero attached hydrogens (tertiary/aromatic N) is 3. The van der Waals surface area contributed by atoms with Crippen molar-refractivity contribution >= 4 is 11.9 Å². The zero-order valence-corrected chi connectivity index (χ0v) is 14.2. The van der Waals surface area contributed by atoms with Crippen molar-refractivity contribution in [3.05, 3.63) is 24.2 Å². The van der Waals surface area contributed by atoms with Gasteiger partial charge in [-0.15, -0.1) is 0 Å². The molecule has 0 spiro atoms. The van der Waals surface area contributed by atoms with Crippen LogP contribution in [0.5, 0.6) is 0 Å². The number of rotatable bonds is 4. The van der Waals surface area contributed by atoms with E-state index in [4.69, 9.17) is 9.15 Å². The Morgan fingerprint density at radius 2 is 2.12 bits per heavy atom. The summed E-state index contributed by atoms with van der Waals surface area (Å²) in [6, 6.07) is 1.92. The van der Waals surface area contributed by atoms with Crippen molar-refractivity contribution in [3.8, 4) is 0 Å². The Morgan fingerprint density at radius 1 is 1.33 bits per heavy atom. The number of hydrogen-bond donors (Lipinski definition) is 1. The Hall–Kier alpha value is -2.02. The zero-order valence-electron chi connectivity index (χ0n) is 14.2. The first-order chi connectivity index (χ1) is 11.8. The maximum atomic E-state index is 12.4. The highest BCUT2D eigenvalue weighted by atomic mass is 16.5. The molecule has 1 unspecified atom stereocenters. The van der Waals surface area contributed by atoms with Crippen molar-refractivity contribution in [1.29, 1.82) is 0 Å². The van der Waals surface area contributed by atoms with Crippen molar-refractivity contribution in [3.63, 3.8) is 0 Å². The summed E-state index contributed by atoms with van der Waals surface area (Å²) < 4.78 is 10.6. The number of carbonyl (C=O) groups is 1. The van der Waals surface area contributed by atoms with Gasteiger partial charge in [0.15, 0.2) is 5.96 Å². The lowest BCUT2D eigenvalue weighted by Crippen LogP contribution is -2.55. The second-order valence-corrected chi connectivity index (χ2v) is 6.12. The predicted octanol–water partition coefficient (Wildman–Crippen LogP) is 1.07. The molecule has 2 aliphatic heterocycles. The van der Waals surface area contributed by atoms with E-state index >= 15 is 0 Å². The van der Waals surface area contributed by atoms with Crippen molar-refractivity contribution in [2.75, 3.05) is 39.3 Å². The van der Waals surface area contributed by atoms with E-state index in [0.717, 1.165) is 57.1 Å². The molecule has 3 heterocycles. The average Bonchev–Trinajstić information content (AvgIpc) is 3.31. The number of hydrogen-bond acceptors (Lipinski definition) is 4. The summed E-state index contributed by atoms with van der Waals surface area (Å²) in [5, 5.41) is 3.33. The van der Waals surface area contributed by atoms with Crippen LogP contribution < -0.4 is 5.32 Å². The molecule has 1 aromatic rings. The molecule has 2 fully saturated rings. The van der Waals surface area contributed by atoms with Crippen LogP contribution in [0.3, 0.4) is 0 Å². The lowest BCUT2D eigenvalue weighted by atomic mass is 10.2. The van der Waals surface area contributed by atoms with E-state index in [2.05, 4.69) is 22.1 Å². The molecule has 1 atom stereocenters. The van der Waals surface area contributed by atoms with E-state index in [-0.39, 0.29) is 12.0 Å². The van der Waals surface area contributed by atoms with Gasteiger partial charge in [0.05, 0.1) is 19.1 Å². The molecule has 7 nitrogen and oxygen atoms in total. The molecule has 24 heavy (non-hydrogen) atoms. The number of guanidine groups is 1. The van der Waals surface area contributed by atoms with Gasteiger partial charge in [0, 0.05) is 44.9 Å². The number of nitrogens with one attached hydrogen (secondary N) is 1. The molecule has 7 heteroatoms. The highest BCUT2D eigenvalue weighted by Crippen LogP contribution is 2.16. The predicted molar refractivity (Wildman–Crippen MR) is 90.7 cm³/mol. The number of aliphatic imine (C=N–C) groups is 1. The third-order valence-electron chi connectivity index (χ3n) is 4.42. The van der Waals surface area contributed by atoms with Crippen LogP contribution in [-0.2, 0) is 16.1 Å². The highest BCUT2D eigenvalue weighted by molar-refractivity contribution is 5.82. The summed E-state index contributed by atoms with van der Waals surface area (Å²) in [5.41, 5.74) is 1.05. The number of amides is 1. The maximum absolute atomic E-state index is 12.4. The molecule has 0 bridgehead atoms. The fourth-order valence-corrected chi connectivity index (χ4v) is 3.09. The molecule has 2 saturated heterocycles. The first-order valence-electron chi connectivity index (χ1n) is 8.72. The van der Waals surface area contributed by atoms with Gasteiger partial charge < -0.3 is 24.3 Å². The van der Waals surface area contributed by atoms with Crippen LogP contribution in [0.2, 0.25) is 0 Å². The summed E-state index contributed by atoms with van der Waals surface area (Å²) in [5.74, 6) is 1.04. The van der Waals surface area contributed by atoms with Crippen LogP contribution in [0.15, 0.2) is 28.0 Å². The van der Waals surface area contributed by atoms with Gasteiger partial charge in [-0.25, -0.2) is 4.99 Å². The van der Waals surface area contributed by atoms with Crippen molar-refractivity contribution < 1.29 is 13.9 Å². The van der Waals surface area contributed by atoms with E-state index in [9.17, 15) is 4.79 Å². The van der Waals surface area contributed by atoms with Crippen LogP contribution >= 0.6 is 0 Å². The van der Waals surface area contributed by atoms with Crippen LogP contribution in [0, 0.1) is 0 Å². The summed E-state index contributed by atoms with van der Waals surface area (Å²) in [6.07, 6.45) is 4.99. The molecule has 1 N–H and O–H groups in total. The molecular weight excluding hydrogens is 308 g/mol. The Morgan fingerprint density at radius 3 is 2.75 bits per heavy atom. The van der Waals surface area contributed by atoms with Gasteiger partial charge >= 0.3 is 0 Å². The fourth-order valence-electron chi connectivity index (χ4n) is 3.09. The van der Waals surface area contributed by atoms with Gasteiger partial charge in [0.2, 0.25) is 0 Å². The van der Waals surface area contributed by atoms with Gasteiger partial charge in [-0.2, -0.15) is 0 Å². The van der Waals surface area contributed by atoms with Crippen molar-refractivity contribution in [2.45, 2.75) is 32.4 Å². The smallest absolute Gasteiger partial charge is 0.251 e. The van der Waals surface area contributed by atoms with Crippen molar-refractivity contribution in [2.24, 2.45) is 4.99 Å². The number of ether oxygens (including phenoxy) is 1. The number of furan rings is 1. The van der Waals surface area contributed by atoms with Crippen LogP contribution in [0.4, 0.5) is 0 Å². The quantitative estimate of drug-likeness (QED) is 0.659. The van der Waals surface area contributed by atoms with E-state index < -0.39 is 0 Å². The molecule has 132 valence electrons. The third-order valence-corrected chi connectivity index (χ3v) is 4.42. The topological polar surface area (TPSA) is 70.3 Å². The Balaban J connectivity index is 1.54. The first kappa shape index (κ1) is 16.8. The molecule has 0 radical (unpaired) electrons. The van der Waals surface area contributed by atoms with Gasteiger partial charge in [-0.1, -0.05) is 0 Å². The van der Waals surface area contributed by atoms with E-state index in [1.54, 1.807) is 12.5 Å². The molecule has 1 aromatic heterocycles. The lowest BCUT2D eigenvalue weighted by molar-refractivity contribution is -0.142. The standard InChI is InChI=1S/C17H26N4O3/c1-2-18-17(19-12-14-5-11-23-13-14)21-8-6-20(7-9-21)16(22)15-4-3-10-24-15/h5,11,13,15H,2-4,6-10,12H2,1H3,(H,18,19). The van der Waals surface area contributed by atoms with Crippen LogP contribution in [-0.4, -0.2) is 67.1 Å². The second-order valence-electron chi connectivity index (χ2n) is 6.12. The van der Waals surface area contributed by atoms with Gasteiger partial charge in [-0.05, 0) is 25.8 Å². The average molecular weight is 334 g/mol. The highest BCUT2D eigenvalue weighted by Gasteiger charge is 2.30. The Kier molecular flexibility index (Phi) is 5.74. The molecule has 2 aliphatic rings. The number of piperazine rings is 1. The molecule has 0 saturated carbocycles. The fraction of sp³-hybridized carbons (Fsp3) is 0.647. The Bertz CT molecular complexity index is 544. The molecule has 1 amide bonds. The summed E-state index contributed by atoms with van der Waals surface area (Å²) >= 11 is 0. The molecule has 0 aromatic carbocycles. The van der Waals surface area contributed by atoms with Crippen LogP contribution in [0.1, 0.15) is 25.3 Å². The van der Waals surface area contributed by atoms with Gasteiger partial charge in [0.25, 0.3) is 5.91 Å². The SMILES string of the molecule is CCNC(=NCc1ccoc1)N1CCN(C(=O)C2CCCO2)CC1.